The second kappa shape index (κ2) is 8.71. The summed E-state index contributed by atoms with van der Waals surface area (Å²) in [6.45, 7) is 5.08. The van der Waals surface area contributed by atoms with E-state index >= 15 is 0 Å². The Balaban J connectivity index is 1.64. The SMILES string of the molecule is C[C@@H]1C[C@H](C)CN(S(=O)(=O)c2ccc(C(=O)NNC(=O)c3ccccn3)cc2)C1. The molecule has 0 unspecified atom stereocenters. The Labute approximate surface area is 170 Å². The third-order valence-electron chi connectivity index (χ3n) is 4.78. The van der Waals surface area contributed by atoms with Crippen LogP contribution in [0.2, 0.25) is 0 Å². The smallest absolute Gasteiger partial charge is 0.267 e. The fourth-order valence-corrected chi connectivity index (χ4v) is 5.16. The average Bonchev–Trinajstić information content (AvgIpc) is 2.71. The van der Waals surface area contributed by atoms with Crippen LogP contribution in [-0.4, -0.2) is 42.6 Å². The van der Waals surface area contributed by atoms with Gasteiger partial charge in [0.05, 0.1) is 4.90 Å². The van der Waals surface area contributed by atoms with Crippen molar-refractivity contribution >= 4 is 21.8 Å². The quantitative estimate of drug-likeness (QED) is 0.739. The Morgan fingerprint density at radius 3 is 2.17 bits per heavy atom. The molecule has 1 fully saturated rings. The molecule has 2 atom stereocenters. The van der Waals surface area contributed by atoms with Crippen LogP contribution < -0.4 is 10.9 Å². The van der Waals surface area contributed by atoms with Crippen LogP contribution in [0.3, 0.4) is 0 Å². The van der Waals surface area contributed by atoms with Crippen molar-refractivity contribution < 1.29 is 18.0 Å². The Kier molecular flexibility index (Phi) is 6.29. The predicted octanol–water partition coefficient (Wildman–Crippen LogP) is 1.82. The maximum Gasteiger partial charge on any atom is 0.288 e. The number of rotatable bonds is 4. The topological polar surface area (TPSA) is 108 Å². The third kappa shape index (κ3) is 4.99. The number of hydrogen-bond donors (Lipinski definition) is 2. The first-order chi connectivity index (χ1) is 13.8. The number of carbonyl (C=O) groups excluding carboxylic acids is 2. The van der Waals surface area contributed by atoms with Crippen LogP contribution in [0, 0.1) is 11.8 Å². The van der Waals surface area contributed by atoms with Gasteiger partial charge in [-0.25, -0.2) is 8.42 Å². The molecule has 2 heterocycles. The number of hydrazine groups is 1. The molecule has 1 aliphatic heterocycles. The molecular formula is C20H24N4O4S. The minimum Gasteiger partial charge on any atom is -0.267 e. The molecule has 2 amide bonds. The number of pyridine rings is 1. The summed E-state index contributed by atoms with van der Waals surface area (Å²) in [5, 5.41) is 0. The molecule has 1 aliphatic rings. The van der Waals surface area contributed by atoms with E-state index in [1.54, 1.807) is 12.1 Å². The second-order valence-electron chi connectivity index (χ2n) is 7.42. The Bertz CT molecular complexity index is 967. The maximum atomic E-state index is 12.9. The van der Waals surface area contributed by atoms with Crippen LogP contribution in [0.1, 0.15) is 41.1 Å². The summed E-state index contributed by atoms with van der Waals surface area (Å²) in [6.07, 6.45) is 2.48. The van der Waals surface area contributed by atoms with E-state index in [4.69, 9.17) is 0 Å². The number of hydrogen-bond acceptors (Lipinski definition) is 5. The first-order valence-corrected chi connectivity index (χ1v) is 10.8. The Morgan fingerprint density at radius 2 is 1.59 bits per heavy atom. The van der Waals surface area contributed by atoms with Gasteiger partial charge in [0, 0.05) is 24.8 Å². The summed E-state index contributed by atoms with van der Waals surface area (Å²) < 4.78 is 27.3. The highest BCUT2D eigenvalue weighted by Crippen LogP contribution is 2.26. The number of nitrogens with one attached hydrogen (secondary N) is 2. The van der Waals surface area contributed by atoms with E-state index in [2.05, 4.69) is 15.8 Å². The fraction of sp³-hybridized carbons (Fsp3) is 0.350. The van der Waals surface area contributed by atoms with Crippen molar-refractivity contribution in [3.8, 4) is 0 Å². The van der Waals surface area contributed by atoms with Crippen molar-refractivity contribution in [1.82, 2.24) is 20.1 Å². The number of amides is 2. The van der Waals surface area contributed by atoms with Gasteiger partial charge in [0.1, 0.15) is 5.69 Å². The number of benzene rings is 1. The van der Waals surface area contributed by atoms with Crippen LogP contribution >= 0.6 is 0 Å². The molecular weight excluding hydrogens is 392 g/mol. The van der Waals surface area contributed by atoms with E-state index < -0.39 is 21.8 Å². The lowest BCUT2D eigenvalue weighted by Gasteiger charge is -2.34. The van der Waals surface area contributed by atoms with E-state index in [1.165, 1.54) is 40.8 Å². The summed E-state index contributed by atoms with van der Waals surface area (Å²) in [4.78, 5) is 28.2. The normalized spacial score (nSPS) is 20.1. The number of nitrogens with zero attached hydrogens (tertiary/aromatic N) is 2. The molecule has 154 valence electrons. The number of aromatic nitrogens is 1. The van der Waals surface area contributed by atoms with Gasteiger partial charge in [-0.05, 0) is 54.7 Å². The van der Waals surface area contributed by atoms with E-state index in [9.17, 15) is 18.0 Å². The highest BCUT2D eigenvalue weighted by atomic mass is 32.2. The molecule has 0 saturated carbocycles. The average molecular weight is 417 g/mol. The summed E-state index contributed by atoms with van der Waals surface area (Å²) >= 11 is 0. The number of piperidine rings is 1. The van der Waals surface area contributed by atoms with Crippen LogP contribution in [0.5, 0.6) is 0 Å². The minimum absolute atomic E-state index is 0.146. The van der Waals surface area contributed by atoms with E-state index in [-0.39, 0.29) is 16.2 Å². The molecule has 0 bridgehead atoms. The molecule has 0 radical (unpaired) electrons. The highest BCUT2D eigenvalue weighted by Gasteiger charge is 2.31. The zero-order valence-corrected chi connectivity index (χ0v) is 17.1. The molecule has 2 aromatic rings. The molecule has 2 N–H and O–H groups in total. The van der Waals surface area contributed by atoms with Crippen LogP contribution in [0.15, 0.2) is 53.6 Å². The molecule has 1 aromatic carbocycles. The van der Waals surface area contributed by atoms with Gasteiger partial charge in [-0.1, -0.05) is 19.9 Å². The first-order valence-electron chi connectivity index (χ1n) is 9.39. The van der Waals surface area contributed by atoms with Crippen molar-refractivity contribution in [3.63, 3.8) is 0 Å². The predicted molar refractivity (Wildman–Crippen MR) is 107 cm³/mol. The minimum atomic E-state index is -3.61. The molecule has 9 heteroatoms. The lowest BCUT2D eigenvalue weighted by molar-refractivity contribution is 0.0844. The first kappa shape index (κ1) is 20.9. The van der Waals surface area contributed by atoms with E-state index in [0.717, 1.165) is 6.42 Å². The molecule has 0 spiro atoms. The standard InChI is InChI=1S/C20H24N4O4S/c1-14-11-15(2)13-24(12-14)29(27,28)17-8-6-16(7-9-17)19(25)22-23-20(26)18-5-3-4-10-21-18/h3-10,14-15H,11-13H2,1-2H3,(H,22,25)(H,23,26)/t14-,15+. The molecule has 0 aliphatic carbocycles. The fourth-order valence-electron chi connectivity index (χ4n) is 3.48. The van der Waals surface area contributed by atoms with Crippen LogP contribution in [0.25, 0.3) is 0 Å². The van der Waals surface area contributed by atoms with Crippen molar-refractivity contribution in [2.75, 3.05) is 13.1 Å². The molecule has 29 heavy (non-hydrogen) atoms. The van der Waals surface area contributed by atoms with Gasteiger partial charge in [-0.2, -0.15) is 4.31 Å². The Hall–Kier alpha value is -2.78. The zero-order valence-electron chi connectivity index (χ0n) is 16.3. The van der Waals surface area contributed by atoms with E-state index in [1.807, 2.05) is 13.8 Å². The van der Waals surface area contributed by atoms with Crippen molar-refractivity contribution in [1.29, 1.82) is 0 Å². The van der Waals surface area contributed by atoms with Gasteiger partial charge in [-0.15, -0.1) is 0 Å². The lowest BCUT2D eigenvalue weighted by atomic mass is 9.94. The number of carbonyl (C=O) groups is 2. The third-order valence-corrected chi connectivity index (χ3v) is 6.62. The monoisotopic (exact) mass is 416 g/mol. The molecule has 8 nitrogen and oxygen atoms in total. The molecule has 1 aromatic heterocycles. The second-order valence-corrected chi connectivity index (χ2v) is 9.35. The van der Waals surface area contributed by atoms with Crippen LogP contribution in [-0.2, 0) is 10.0 Å². The summed E-state index contributed by atoms with van der Waals surface area (Å²) in [5.74, 6) is -0.493. The maximum absolute atomic E-state index is 12.9. The van der Waals surface area contributed by atoms with Gasteiger partial charge in [0.2, 0.25) is 10.0 Å². The molecule has 1 saturated heterocycles. The lowest BCUT2D eigenvalue weighted by Crippen LogP contribution is -2.42. The largest absolute Gasteiger partial charge is 0.288 e. The van der Waals surface area contributed by atoms with Gasteiger partial charge in [0.25, 0.3) is 11.8 Å². The van der Waals surface area contributed by atoms with Gasteiger partial charge in [-0.3, -0.25) is 25.4 Å². The summed E-state index contributed by atoms with van der Waals surface area (Å²) in [7, 11) is -3.61. The van der Waals surface area contributed by atoms with Gasteiger partial charge in [0.15, 0.2) is 0 Å². The number of sulfonamides is 1. The van der Waals surface area contributed by atoms with E-state index in [0.29, 0.717) is 24.9 Å². The van der Waals surface area contributed by atoms with Gasteiger partial charge < -0.3 is 0 Å². The molecule has 3 rings (SSSR count). The van der Waals surface area contributed by atoms with Crippen molar-refractivity contribution in [2.45, 2.75) is 25.2 Å². The summed E-state index contributed by atoms with van der Waals surface area (Å²) in [6, 6.07) is 10.5. The van der Waals surface area contributed by atoms with Gasteiger partial charge >= 0.3 is 0 Å². The highest BCUT2D eigenvalue weighted by molar-refractivity contribution is 7.89. The van der Waals surface area contributed by atoms with Crippen molar-refractivity contribution in [2.24, 2.45) is 11.8 Å². The summed E-state index contributed by atoms with van der Waals surface area (Å²) in [5.41, 5.74) is 4.96. The Morgan fingerprint density at radius 1 is 0.966 bits per heavy atom. The van der Waals surface area contributed by atoms with Crippen molar-refractivity contribution in [3.05, 3.63) is 59.9 Å². The van der Waals surface area contributed by atoms with Crippen LogP contribution in [0.4, 0.5) is 0 Å². The zero-order chi connectivity index (χ0) is 21.0.